The predicted octanol–water partition coefficient (Wildman–Crippen LogP) is 6.23. The van der Waals surface area contributed by atoms with Gasteiger partial charge < -0.3 is 0 Å². The van der Waals surface area contributed by atoms with Gasteiger partial charge in [0.05, 0.1) is 0 Å². The normalized spacial score (nSPS) is 18.9. The maximum atomic E-state index is 14.1. The highest BCUT2D eigenvalue weighted by molar-refractivity contribution is 8.34. The summed E-state index contributed by atoms with van der Waals surface area (Å²) in [5.41, 5.74) is 0. The van der Waals surface area contributed by atoms with Gasteiger partial charge in [-0.1, -0.05) is 34.6 Å². The number of halogens is 10. The summed E-state index contributed by atoms with van der Waals surface area (Å²) >= 11 is 0. The van der Waals surface area contributed by atoms with E-state index in [4.69, 9.17) is 0 Å². The van der Waals surface area contributed by atoms with Crippen molar-refractivity contribution in [2.45, 2.75) is 34.6 Å². The third kappa shape index (κ3) is 3.43. The molecule has 1 fully saturated rings. The summed E-state index contributed by atoms with van der Waals surface area (Å²) in [6, 6.07) is 7.09. The number of fused-ring (bicyclic) bond motifs is 1. The Morgan fingerprint density at radius 3 is 1.78 bits per heavy atom. The van der Waals surface area contributed by atoms with E-state index in [9.17, 15) is 52.3 Å². The summed E-state index contributed by atoms with van der Waals surface area (Å²) in [5, 5.41) is -7.04. The highest BCUT2D eigenvalue weighted by Crippen LogP contribution is 2.68. The smallest absolute Gasteiger partial charge is 0.211 e. The molecule has 0 bridgehead atoms. The first-order chi connectivity index (χ1) is 14.4. The third-order valence-electron chi connectivity index (χ3n) is 4.83. The van der Waals surface area contributed by atoms with Crippen molar-refractivity contribution < 1.29 is 56.0 Å². The topological polar surface area (TPSA) is 43.4 Å². The lowest BCUT2D eigenvalue weighted by molar-refractivity contribution is -0.382. The molecule has 3 rings (SSSR count). The first-order valence-electron chi connectivity index (χ1n) is 8.53. The number of hydrogen-bond acceptors (Lipinski definition) is 3. The summed E-state index contributed by atoms with van der Waals surface area (Å²) in [7, 11) is -10.4. The van der Waals surface area contributed by atoms with Crippen LogP contribution in [0.1, 0.15) is 6.42 Å². The molecule has 180 valence electrons. The van der Waals surface area contributed by atoms with Crippen LogP contribution in [0.25, 0.3) is 10.8 Å². The van der Waals surface area contributed by atoms with Crippen molar-refractivity contribution in [2.24, 2.45) is 0 Å². The molecule has 1 saturated heterocycles. The van der Waals surface area contributed by atoms with Crippen LogP contribution in [0.5, 0.6) is 0 Å². The average Bonchev–Trinajstić information content (AvgIpc) is 2.64. The van der Waals surface area contributed by atoms with Crippen LogP contribution in [0, 0.1) is 5.82 Å². The Hall–Kier alpha value is -1.74. The highest BCUT2D eigenvalue weighted by atomic mass is 32.3. The van der Waals surface area contributed by atoms with Crippen molar-refractivity contribution in [3.63, 3.8) is 0 Å². The van der Waals surface area contributed by atoms with Crippen molar-refractivity contribution in [1.82, 2.24) is 0 Å². The summed E-state index contributed by atoms with van der Waals surface area (Å²) in [4.78, 5) is -0.147. The van der Waals surface area contributed by atoms with Crippen LogP contribution in [0.4, 0.5) is 43.9 Å². The molecule has 15 heteroatoms. The molecule has 0 unspecified atom stereocenters. The van der Waals surface area contributed by atoms with Crippen LogP contribution in [-0.2, 0) is 13.7 Å². The van der Waals surface area contributed by atoms with Gasteiger partial charge in [0.25, 0.3) is 0 Å². The van der Waals surface area contributed by atoms with Crippen LogP contribution in [0.2, 0.25) is 0 Å². The van der Waals surface area contributed by atoms with Crippen LogP contribution in [0.15, 0.2) is 41.3 Å². The first-order valence-corrected chi connectivity index (χ1v) is 11.8. The fourth-order valence-corrected chi connectivity index (χ4v) is 8.16. The van der Waals surface area contributed by atoms with Crippen LogP contribution >= 0.6 is 10.3 Å². The lowest BCUT2D eigenvalue weighted by Crippen LogP contribution is -2.63. The summed E-state index contributed by atoms with van der Waals surface area (Å²) in [6.07, 6.45) is -7.03. The maximum Gasteiger partial charge on any atom is 0.460 e. The van der Waals surface area contributed by atoms with Crippen molar-refractivity contribution in [3.05, 3.63) is 42.2 Å². The molecule has 0 atom stereocenters. The first kappa shape index (κ1) is 24.9. The van der Waals surface area contributed by atoms with Gasteiger partial charge >= 0.3 is 33.4 Å². The molecule has 0 spiro atoms. The highest BCUT2D eigenvalue weighted by Gasteiger charge is 2.86. The third-order valence-corrected chi connectivity index (χ3v) is 10.5. The minimum atomic E-state index is -7.38. The molecule has 2 aromatic carbocycles. The fraction of sp³-hybridized carbons (Fsp3) is 0.412. The predicted molar refractivity (Wildman–Crippen MR) is 95.0 cm³/mol. The zero-order valence-corrected chi connectivity index (χ0v) is 17.0. The molecule has 0 saturated carbocycles. The number of hydrogen-bond donors (Lipinski definition) is 0. The molecule has 2 aromatic rings. The van der Waals surface area contributed by atoms with Crippen molar-refractivity contribution in [2.75, 3.05) is 11.5 Å². The van der Waals surface area contributed by atoms with E-state index in [2.05, 4.69) is 3.63 Å². The van der Waals surface area contributed by atoms with Crippen LogP contribution in [-0.4, -0.2) is 43.2 Å². The van der Waals surface area contributed by atoms with E-state index in [1.54, 1.807) is 0 Å². The molecular formula is C17H12F10O3S2. The molecule has 0 radical (unpaired) electrons. The van der Waals surface area contributed by atoms with Crippen molar-refractivity contribution in [3.8, 4) is 0 Å². The summed E-state index contributed by atoms with van der Waals surface area (Å²) in [5.74, 6) is -16.2. The molecule has 0 aromatic heterocycles. The van der Waals surface area contributed by atoms with Crippen molar-refractivity contribution in [1.29, 1.82) is 0 Å². The van der Waals surface area contributed by atoms with Gasteiger partial charge in [-0.3, -0.25) is 0 Å². The van der Waals surface area contributed by atoms with Gasteiger partial charge in [-0.2, -0.15) is 47.9 Å². The lowest BCUT2D eigenvalue weighted by Gasteiger charge is -2.47. The molecule has 3 nitrogen and oxygen atoms in total. The Balaban J connectivity index is 2.10. The molecular weight excluding hydrogens is 506 g/mol. The van der Waals surface area contributed by atoms with Gasteiger partial charge in [0.1, 0.15) is 5.82 Å². The van der Waals surface area contributed by atoms with E-state index in [0.29, 0.717) is 0 Å². The van der Waals surface area contributed by atoms with Gasteiger partial charge in [0.15, 0.2) is 0 Å². The molecule has 0 amide bonds. The SMILES string of the molecule is O=S(=O)(OS1(c2ccc(F)c3ccccc23)CCC1)C(F)(F)C(F)(F)C(F)(F)C(F)(F)F. The second-order valence-corrected chi connectivity index (χ2v) is 11.7. The molecule has 1 aliphatic rings. The van der Waals surface area contributed by atoms with Gasteiger partial charge in [0, 0.05) is 21.8 Å². The molecule has 1 heterocycles. The molecule has 0 N–H and O–H groups in total. The Bertz CT molecular complexity index is 1140. The molecule has 0 aliphatic carbocycles. The van der Waals surface area contributed by atoms with Gasteiger partial charge in [-0.15, -0.1) is 0 Å². The van der Waals surface area contributed by atoms with Gasteiger partial charge in [0.2, 0.25) is 0 Å². The average molecular weight is 518 g/mol. The minimum Gasteiger partial charge on any atom is -0.211 e. The Kier molecular flexibility index (Phi) is 5.74. The fourth-order valence-electron chi connectivity index (χ4n) is 3.02. The second kappa shape index (κ2) is 7.38. The zero-order valence-electron chi connectivity index (χ0n) is 15.4. The van der Waals surface area contributed by atoms with E-state index in [0.717, 1.165) is 12.1 Å². The van der Waals surface area contributed by atoms with E-state index >= 15 is 0 Å². The quantitative estimate of drug-likeness (QED) is 0.426. The summed E-state index contributed by atoms with van der Waals surface area (Å²) in [6.45, 7) is 0. The van der Waals surface area contributed by atoms with Crippen LogP contribution < -0.4 is 0 Å². The largest absolute Gasteiger partial charge is 0.460 e. The number of alkyl halides is 9. The number of rotatable bonds is 6. The van der Waals surface area contributed by atoms with E-state index in [-0.39, 0.29) is 33.6 Å². The van der Waals surface area contributed by atoms with E-state index < -0.39 is 49.5 Å². The Morgan fingerprint density at radius 2 is 1.31 bits per heavy atom. The van der Waals surface area contributed by atoms with Crippen molar-refractivity contribution >= 4 is 31.2 Å². The Morgan fingerprint density at radius 1 is 0.781 bits per heavy atom. The zero-order chi connectivity index (χ0) is 24.4. The monoisotopic (exact) mass is 518 g/mol. The molecule has 32 heavy (non-hydrogen) atoms. The summed E-state index contributed by atoms with van der Waals surface area (Å²) < 4.78 is 161. The minimum absolute atomic E-state index is 0.00639. The van der Waals surface area contributed by atoms with Gasteiger partial charge in [-0.25, -0.2) is 8.02 Å². The van der Waals surface area contributed by atoms with E-state index in [1.807, 2.05) is 0 Å². The standard InChI is InChI=1S/C17H12F10O3S2/c18-12-6-7-13(11-5-2-1-4-10(11)12)31(8-3-9-31)30-32(28,29)17(26,27)15(21,22)14(19,20)16(23,24)25/h1-2,4-7H,3,8-9H2. The van der Waals surface area contributed by atoms with Gasteiger partial charge in [-0.05, 0) is 23.9 Å². The molecule has 1 aliphatic heterocycles. The maximum absolute atomic E-state index is 14.1. The van der Waals surface area contributed by atoms with E-state index in [1.165, 1.54) is 24.3 Å². The van der Waals surface area contributed by atoms with Crippen LogP contribution in [0.3, 0.4) is 0 Å². The lowest BCUT2D eigenvalue weighted by atomic mass is 10.1. The second-order valence-electron chi connectivity index (χ2n) is 6.85. The Labute approximate surface area is 176 Å². The number of benzene rings is 2.